The van der Waals surface area contributed by atoms with Crippen LogP contribution in [-0.2, 0) is 55.5 Å². The Morgan fingerprint density at radius 2 is 1.70 bits per heavy atom. The summed E-state index contributed by atoms with van der Waals surface area (Å²) in [5.41, 5.74) is 4.21. The highest BCUT2D eigenvalue weighted by Crippen LogP contribution is 2.61. The van der Waals surface area contributed by atoms with E-state index in [-0.39, 0.29) is 66.6 Å². The van der Waals surface area contributed by atoms with Crippen LogP contribution in [0.4, 0.5) is 5.82 Å². The lowest BCUT2D eigenvalue weighted by atomic mass is 9.87. The molecule has 30 heteroatoms. The van der Waals surface area contributed by atoms with Crippen LogP contribution in [0.1, 0.15) is 45.8 Å². The summed E-state index contributed by atoms with van der Waals surface area (Å²) in [7, 11) is -16.4. The molecule has 0 saturated carbocycles. The SMILES string of the molecule is CC(C)(COP(=O)(O)OP(=O)(O)OC[C@H]1O[C@@H](n2cnc3c(N)ncnc32)[C@H](O)[C@@H]1OP(=O)(O)O)C(O)C(=O)NCCC(=O)NCCSC(=O)CCCC(=O)O. The first-order valence-electron chi connectivity index (χ1n) is 16.2. The zero-order valence-corrected chi connectivity index (χ0v) is 33.1. The number of phosphoric acid groups is 3. The van der Waals surface area contributed by atoms with Gasteiger partial charge < -0.3 is 56.0 Å². The Balaban J connectivity index is 1.47. The fraction of sp³-hybridized carbons (Fsp3) is 0.654. The van der Waals surface area contributed by atoms with Crippen LogP contribution in [0.25, 0.3) is 11.2 Å². The molecule has 1 saturated heterocycles. The number of nitrogen functional groups attached to an aromatic ring is 1. The summed E-state index contributed by atoms with van der Waals surface area (Å²) in [4.78, 5) is 97.6. The summed E-state index contributed by atoms with van der Waals surface area (Å²) in [5.74, 6) is -2.33. The Kier molecular flexibility index (Phi) is 17.0. The molecule has 0 spiro atoms. The first kappa shape index (κ1) is 47.4. The molecule has 26 nitrogen and oxygen atoms in total. The Hall–Kier alpha value is -2.97. The summed E-state index contributed by atoms with van der Waals surface area (Å²) < 4.78 is 61.9. The van der Waals surface area contributed by atoms with Crippen molar-refractivity contribution in [1.82, 2.24) is 30.2 Å². The van der Waals surface area contributed by atoms with Gasteiger partial charge in [0.05, 0.1) is 19.5 Å². The Bertz CT molecular complexity index is 1860. The number of carboxylic acids is 1. The van der Waals surface area contributed by atoms with Crippen molar-refractivity contribution in [2.75, 3.05) is 37.8 Å². The van der Waals surface area contributed by atoms with Crippen molar-refractivity contribution < 1.29 is 90.4 Å². The number of amides is 2. The molecule has 11 N–H and O–H groups in total. The maximum Gasteiger partial charge on any atom is 0.481 e. The monoisotopic (exact) mass is 881 g/mol. The van der Waals surface area contributed by atoms with Gasteiger partial charge in [-0.3, -0.25) is 37.3 Å². The van der Waals surface area contributed by atoms with Crippen LogP contribution in [0.2, 0.25) is 0 Å². The van der Waals surface area contributed by atoms with Gasteiger partial charge in [-0.1, -0.05) is 25.6 Å². The lowest BCUT2D eigenvalue weighted by Crippen LogP contribution is -2.46. The van der Waals surface area contributed by atoms with Gasteiger partial charge in [0.15, 0.2) is 22.8 Å². The number of phosphoric ester groups is 3. The molecule has 0 aliphatic carbocycles. The average molecular weight is 882 g/mol. The van der Waals surface area contributed by atoms with Crippen LogP contribution < -0.4 is 16.4 Å². The van der Waals surface area contributed by atoms with E-state index in [4.69, 9.17) is 24.6 Å². The predicted octanol–water partition coefficient (Wildman–Crippen LogP) is -1.08. The Morgan fingerprint density at radius 3 is 2.36 bits per heavy atom. The smallest absolute Gasteiger partial charge is 0.481 e. The van der Waals surface area contributed by atoms with Gasteiger partial charge in [-0.2, -0.15) is 4.31 Å². The third-order valence-electron chi connectivity index (χ3n) is 7.54. The summed E-state index contributed by atoms with van der Waals surface area (Å²) >= 11 is 0.929. The van der Waals surface area contributed by atoms with Gasteiger partial charge in [-0.05, 0) is 6.42 Å². The van der Waals surface area contributed by atoms with Crippen molar-refractivity contribution in [1.29, 1.82) is 0 Å². The number of hydrogen-bond donors (Lipinski definition) is 10. The molecule has 2 aromatic rings. The quantitative estimate of drug-likeness (QED) is 0.0469. The Morgan fingerprint density at radius 1 is 1.02 bits per heavy atom. The molecular formula is C26H42N7O19P3S. The number of carbonyl (C=O) groups is 4. The van der Waals surface area contributed by atoms with Crippen molar-refractivity contribution in [3.8, 4) is 0 Å². The summed E-state index contributed by atoms with van der Waals surface area (Å²) in [6, 6.07) is 0. The summed E-state index contributed by atoms with van der Waals surface area (Å²) in [5, 5.41) is 34.6. The number of nitrogens with one attached hydrogen (secondary N) is 2. The summed E-state index contributed by atoms with van der Waals surface area (Å²) in [6.45, 7) is 0.273. The molecule has 0 bridgehead atoms. The molecule has 2 aromatic heterocycles. The molecule has 7 atom stereocenters. The normalized spacial score (nSPS) is 21.6. The number of nitrogens with zero attached hydrogens (tertiary/aromatic N) is 4. The fourth-order valence-electron chi connectivity index (χ4n) is 4.75. The number of rotatable bonds is 23. The second-order valence-corrected chi connectivity index (χ2v) is 17.9. The van der Waals surface area contributed by atoms with Gasteiger partial charge in [0.25, 0.3) is 0 Å². The van der Waals surface area contributed by atoms with Crippen molar-refractivity contribution in [2.24, 2.45) is 5.41 Å². The van der Waals surface area contributed by atoms with Crippen LogP contribution in [0.3, 0.4) is 0 Å². The molecule has 2 amide bonds. The number of carbonyl (C=O) groups excluding carboxylic acids is 3. The molecule has 0 radical (unpaired) electrons. The maximum atomic E-state index is 12.7. The van der Waals surface area contributed by atoms with E-state index in [2.05, 4.69) is 34.4 Å². The highest BCUT2D eigenvalue weighted by molar-refractivity contribution is 8.13. The largest absolute Gasteiger partial charge is 0.481 e. The topological polar surface area (TPSA) is 401 Å². The number of aliphatic carboxylic acids is 1. The van der Waals surface area contributed by atoms with Gasteiger partial charge >= 0.3 is 29.4 Å². The van der Waals surface area contributed by atoms with E-state index in [1.165, 1.54) is 13.8 Å². The van der Waals surface area contributed by atoms with E-state index in [9.17, 15) is 62.7 Å². The minimum absolute atomic E-state index is 0.0208. The third kappa shape index (κ3) is 14.8. The van der Waals surface area contributed by atoms with E-state index in [0.29, 0.717) is 0 Å². The second kappa shape index (κ2) is 20.1. The van der Waals surface area contributed by atoms with Crippen LogP contribution in [0.15, 0.2) is 12.7 Å². The lowest BCUT2D eigenvalue weighted by molar-refractivity contribution is -0.138. The highest BCUT2D eigenvalue weighted by Gasteiger charge is 2.50. The highest BCUT2D eigenvalue weighted by atomic mass is 32.2. The van der Waals surface area contributed by atoms with E-state index in [1.807, 2.05) is 0 Å². The van der Waals surface area contributed by atoms with Crippen molar-refractivity contribution >= 4 is 75.1 Å². The number of ether oxygens (including phenoxy) is 1. The Labute approximate surface area is 321 Å². The van der Waals surface area contributed by atoms with Gasteiger partial charge in [-0.25, -0.2) is 28.6 Å². The molecule has 56 heavy (non-hydrogen) atoms. The minimum Gasteiger partial charge on any atom is -0.481 e. The number of hydrogen-bond acceptors (Lipinski definition) is 19. The predicted molar refractivity (Wildman–Crippen MR) is 189 cm³/mol. The molecule has 3 rings (SSSR count). The van der Waals surface area contributed by atoms with Crippen molar-refractivity contribution in [3.63, 3.8) is 0 Å². The number of aliphatic hydroxyl groups excluding tert-OH is 2. The molecule has 0 aromatic carbocycles. The lowest BCUT2D eigenvalue weighted by Gasteiger charge is -2.30. The maximum absolute atomic E-state index is 12.7. The van der Waals surface area contributed by atoms with Crippen molar-refractivity contribution in [3.05, 3.63) is 12.7 Å². The van der Waals surface area contributed by atoms with Crippen LogP contribution in [0.5, 0.6) is 0 Å². The van der Waals surface area contributed by atoms with Crippen molar-refractivity contribution in [2.45, 2.75) is 70.2 Å². The van der Waals surface area contributed by atoms with E-state index in [0.717, 1.165) is 29.0 Å². The second-order valence-electron chi connectivity index (χ2n) is 12.5. The molecule has 1 fully saturated rings. The number of aromatic nitrogens is 4. The molecule has 316 valence electrons. The van der Waals surface area contributed by atoms with Gasteiger partial charge in [0.1, 0.15) is 36.3 Å². The first-order valence-corrected chi connectivity index (χ1v) is 21.7. The minimum atomic E-state index is -5.58. The molecule has 3 unspecified atom stereocenters. The van der Waals surface area contributed by atoms with Gasteiger partial charge in [0, 0.05) is 43.5 Å². The van der Waals surface area contributed by atoms with E-state index in [1.54, 1.807) is 0 Å². The van der Waals surface area contributed by atoms with E-state index < -0.39 is 90.5 Å². The molecule has 1 aliphatic heterocycles. The standard InChI is InChI=1S/C26H42N7O19P3S/c1-26(2,21(39)24(40)29-7-6-15(34)28-8-9-56-17(37)5-3-4-16(35)36)11-49-55(46,47)52-54(44,45)48-10-14-20(51-53(41,42)43)19(38)25(50-14)33-13-32-18-22(27)30-12-31-23(18)33/h12-14,19-21,25,38-39H,3-11H2,1-2H3,(H,28,34)(H,29,40)(H,35,36)(H,44,45)(H,46,47)(H2,27,30,31)(H2,41,42,43)/t14-,19-,20-,21?,25-/m1/s1. The molecular weight excluding hydrogens is 839 g/mol. The van der Waals surface area contributed by atoms with Crippen LogP contribution in [0, 0.1) is 5.41 Å². The number of thioether (sulfide) groups is 1. The van der Waals surface area contributed by atoms with Gasteiger partial charge in [-0.15, -0.1) is 0 Å². The number of nitrogens with two attached hydrogens (primary N) is 1. The molecule has 1 aliphatic rings. The fourth-order valence-corrected chi connectivity index (χ4v) is 8.30. The van der Waals surface area contributed by atoms with E-state index >= 15 is 0 Å². The van der Waals surface area contributed by atoms with Gasteiger partial charge in [0.2, 0.25) is 11.8 Å². The number of aliphatic hydroxyl groups is 2. The number of fused-ring (bicyclic) bond motifs is 1. The first-order chi connectivity index (χ1) is 25.9. The third-order valence-corrected chi connectivity index (χ3v) is 11.6. The molecule has 3 heterocycles. The van der Waals surface area contributed by atoms with Crippen LogP contribution >= 0.6 is 35.2 Å². The zero-order valence-electron chi connectivity index (χ0n) is 29.6. The summed E-state index contributed by atoms with van der Waals surface area (Å²) in [6.07, 6.45) is -6.92. The van der Waals surface area contributed by atoms with Crippen LogP contribution in [-0.4, -0.2) is 134 Å². The number of anilines is 1. The average Bonchev–Trinajstić information content (AvgIpc) is 3.64. The zero-order chi connectivity index (χ0) is 42.1. The number of carboxylic acid groups (broad SMARTS) is 1. The number of imidazole rings is 1.